The Balaban J connectivity index is 1.71. The standard InChI is InChI=1S/C26H28N4O8/c1-26(25(34)28-11-15-8-6-7-9-17(15)35-4)14-37-21-20-18(10-16(12-27-20)24(33)36-5)38-22(21)23(32)30(26)13-19(31)29(2)3/h6-10,12H,11,13-14H2,1-5H3,(H,28,34). The molecule has 0 fully saturated rings. The van der Waals surface area contributed by atoms with Gasteiger partial charge in [-0.1, -0.05) is 18.2 Å². The van der Waals surface area contributed by atoms with E-state index in [1.54, 1.807) is 26.2 Å². The quantitative estimate of drug-likeness (QED) is 0.457. The summed E-state index contributed by atoms with van der Waals surface area (Å²) >= 11 is 0. The molecule has 0 bridgehead atoms. The predicted octanol–water partition coefficient (Wildman–Crippen LogP) is 1.62. The Morgan fingerprint density at radius 3 is 2.63 bits per heavy atom. The van der Waals surface area contributed by atoms with Crippen molar-refractivity contribution in [3.05, 3.63) is 53.4 Å². The maximum absolute atomic E-state index is 13.8. The van der Waals surface area contributed by atoms with E-state index in [1.165, 1.54) is 38.3 Å². The SMILES string of the molecule is COC(=O)c1cnc2c3c(oc2c1)C(=O)N(CC(=O)N(C)C)C(C)(C(=O)NCc1ccccc1OC)CO3. The number of nitrogens with one attached hydrogen (secondary N) is 1. The highest BCUT2D eigenvalue weighted by molar-refractivity contribution is 6.05. The number of para-hydroxylation sites is 1. The highest BCUT2D eigenvalue weighted by Gasteiger charge is 2.49. The number of fused-ring (bicyclic) bond motifs is 3. The van der Waals surface area contributed by atoms with Crippen molar-refractivity contribution in [3.8, 4) is 11.5 Å². The van der Waals surface area contributed by atoms with Gasteiger partial charge >= 0.3 is 5.97 Å². The number of methoxy groups -OCH3 is 2. The molecule has 4 rings (SSSR count). The van der Waals surface area contributed by atoms with E-state index in [9.17, 15) is 19.2 Å². The molecule has 0 radical (unpaired) electrons. The second-order valence-corrected chi connectivity index (χ2v) is 9.06. The lowest BCUT2D eigenvalue weighted by atomic mass is 9.98. The number of carbonyl (C=O) groups is 4. The van der Waals surface area contributed by atoms with Crippen LogP contribution in [0.2, 0.25) is 0 Å². The van der Waals surface area contributed by atoms with Crippen LogP contribution in [0.25, 0.3) is 11.1 Å². The van der Waals surface area contributed by atoms with Crippen LogP contribution in [0.3, 0.4) is 0 Å². The third-order valence-corrected chi connectivity index (χ3v) is 6.35. The first-order valence-corrected chi connectivity index (χ1v) is 11.7. The number of nitrogens with zero attached hydrogens (tertiary/aromatic N) is 3. The van der Waals surface area contributed by atoms with Crippen LogP contribution in [-0.2, 0) is 20.9 Å². The Hall–Kier alpha value is -4.61. The number of likely N-dealkylation sites (N-methyl/N-ethyl adjacent to an activating group) is 1. The van der Waals surface area contributed by atoms with Gasteiger partial charge in [0.15, 0.2) is 22.4 Å². The Labute approximate surface area is 218 Å². The monoisotopic (exact) mass is 524 g/mol. The van der Waals surface area contributed by atoms with Gasteiger partial charge in [0.05, 0.1) is 19.8 Å². The molecule has 3 heterocycles. The topological polar surface area (TPSA) is 141 Å². The summed E-state index contributed by atoms with van der Waals surface area (Å²) in [7, 11) is 5.85. The van der Waals surface area contributed by atoms with Crippen molar-refractivity contribution in [2.45, 2.75) is 19.0 Å². The number of ether oxygens (including phenoxy) is 3. The van der Waals surface area contributed by atoms with E-state index < -0.39 is 35.8 Å². The number of furan rings is 1. The Morgan fingerprint density at radius 2 is 1.95 bits per heavy atom. The van der Waals surface area contributed by atoms with E-state index in [4.69, 9.17) is 18.6 Å². The molecule has 38 heavy (non-hydrogen) atoms. The summed E-state index contributed by atoms with van der Waals surface area (Å²) in [6, 6.07) is 8.58. The maximum Gasteiger partial charge on any atom is 0.339 e. The van der Waals surface area contributed by atoms with Gasteiger partial charge in [-0.15, -0.1) is 0 Å². The highest BCUT2D eigenvalue weighted by Crippen LogP contribution is 2.37. The van der Waals surface area contributed by atoms with Crippen LogP contribution in [0.1, 0.15) is 33.4 Å². The summed E-state index contributed by atoms with van der Waals surface area (Å²) < 4.78 is 21.8. The van der Waals surface area contributed by atoms with Crippen LogP contribution in [0.4, 0.5) is 0 Å². The van der Waals surface area contributed by atoms with Gasteiger partial charge in [0.1, 0.15) is 18.9 Å². The molecule has 2 aromatic heterocycles. The summed E-state index contributed by atoms with van der Waals surface area (Å²) in [5, 5.41) is 2.83. The van der Waals surface area contributed by atoms with E-state index in [0.29, 0.717) is 5.75 Å². The van der Waals surface area contributed by atoms with Crippen LogP contribution >= 0.6 is 0 Å². The Kier molecular flexibility index (Phi) is 7.24. The van der Waals surface area contributed by atoms with E-state index >= 15 is 0 Å². The number of carbonyl (C=O) groups excluding carboxylic acids is 4. The maximum atomic E-state index is 13.8. The molecule has 1 N–H and O–H groups in total. The first-order valence-electron chi connectivity index (χ1n) is 11.7. The van der Waals surface area contributed by atoms with Gasteiger partial charge in [0.25, 0.3) is 5.91 Å². The minimum absolute atomic E-state index is 0.0185. The minimum atomic E-state index is -1.59. The van der Waals surface area contributed by atoms with E-state index in [1.807, 2.05) is 12.1 Å². The fourth-order valence-electron chi connectivity index (χ4n) is 4.02. The molecule has 0 aliphatic carbocycles. The number of hydrogen-bond donors (Lipinski definition) is 1. The van der Waals surface area contributed by atoms with Crippen molar-refractivity contribution in [1.82, 2.24) is 20.1 Å². The summed E-state index contributed by atoms with van der Waals surface area (Å²) in [5.41, 5.74) is -0.429. The van der Waals surface area contributed by atoms with Crippen LogP contribution in [-0.4, -0.2) is 85.5 Å². The molecule has 3 amide bonds. The molecule has 1 aliphatic heterocycles. The van der Waals surface area contributed by atoms with Crippen molar-refractivity contribution >= 4 is 34.8 Å². The predicted molar refractivity (Wildman–Crippen MR) is 134 cm³/mol. The van der Waals surface area contributed by atoms with Crippen molar-refractivity contribution < 1.29 is 37.8 Å². The Bertz CT molecular complexity index is 1420. The largest absolute Gasteiger partial charge is 0.496 e. The molecule has 1 aliphatic rings. The number of benzene rings is 1. The third kappa shape index (κ3) is 4.72. The molecule has 12 heteroatoms. The second-order valence-electron chi connectivity index (χ2n) is 9.06. The van der Waals surface area contributed by atoms with E-state index in [-0.39, 0.29) is 41.3 Å². The molecular weight excluding hydrogens is 496 g/mol. The lowest BCUT2D eigenvalue weighted by Gasteiger charge is -2.37. The van der Waals surface area contributed by atoms with Crippen LogP contribution in [0.5, 0.6) is 11.5 Å². The van der Waals surface area contributed by atoms with E-state index in [2.05, 4.69) is 10.3 Å². The first kappa shape index (κ1) is 26.5. The van der Waals surface area contributed by atoms with Gasteiger partial charge in [-0.2, -0.15) is 0 Å². The number of rotatable bonds is 7. The van der Waals surface area contributed by atoms with Gasteiger partial charge in [-0.25, -0.2) is 9.78 Å². The molecule has 1 atom stereocenters. The lowest BCUT2D eigenvalue weighted by molar-refractivity contribution is -0.137. The molecule has 200 valence electrons. The van der Waals surface area contributed by atoms with Crippen molar-refractivity contribution in [1.29, 1.82) is 0 Å². The van der Waals surface area contributed by atoms with Crippen molar-refractivity contribution in [2.75, 3.05) is 41.5 Å². The molecule has 0 spiro atoms. The number of hydrogen-bond acceptors (Lipinski definition) is 9. The number of esters is 1. The Morgan fingerprint density at radius 1 is 1.21 bits per heavy atom. The van der Waals surface area contributed by atoms with Crippen molar-refractivity contribution in [3.63, 3.8) is 0 Å². The molecular formula is C26H28N4O8. The van der Waals surface area contributed by atoms with Crippen LogP contribution < -0.4 is 14.8 Å². The number of pyridine rings is 1. The van der Waals surface area contributed by atoms with Gasteiger partial charge < -0.3 is 33.7 Å². The van der Waals surface area contributed by atoms with Gasteiger partial charge in [0.2, 0.25) is 17.6 Å². The smallest absolute Gasteiger partial charge is 0.339 e. The van der Waals surface area contributed by atoms with Gasteiger partial charge in [-0.3, -0.25) is 14.4 Å². The minimum Gasteiger partial charge on any atom is -0.496 e. The highest BCUT2D eigenvalue weighted by atomic mass is 16.5. The molecule has 1 unspecified atom stereocenters. The molecule has 1 aromatic carbocycles. The third-order valence-electron chi connectivity index (χ3n) is 6.35. The summed E-state index contributed by atoms with van der Waals surface area (Å²) in [4.78, 5) is 58.7. The zero-order valence-corrected chi connectivity index (χ0v) is 21.7. The fourth-order valence-corrected chi connectivity index (χ4v) is 4.02. The first-order chi connectivity index (χ1) is 18.1. The molecule has 0 saturated heterocycles. The summed E-state index contributed by atoms with van der Waals surface area (Å²) in [6.45, 7) is 0.930. The van der Waals surface area contributed by atoms with Crippen LogP contribution in [0.15, 0.2) is 40.9 Å². The number of amides is 3. The van der Waals surface area contributed by atoms with Crippen molar-refractivity contribution in [2.24, 2.45) is 0 Å². The van der Waals surface area contributed by atoms with Gasteiger partial charge in [-0.05, 0) is 19.1 Å². The molecule has 0 saturated carbocycles. The average Bonchev–Trinajstić information content (AvgIpc) is 3.25. The zero-order valence-electron chi connectivity index (χ0n) is 21.7. The normalized spacial score (nSPS) is 16.8. The van der Waals surface area contributed by atoms with Gasteiger partial charge in [0, 0.05) is 32.4 Å². The second kappa shape index (κ2) is 10.4. The summed E-state index contributed by atoms with van der Waals surface area (Å²) in [6.07, 6.45) is 1.27. The number of aromatic nitrogens is 1. The summed E-state index contributed by atoms with van der Waals surface area (Å²) in [5.74, 6) is -1.94. The fraction of sp³-hybridized carbons (Fsp3) is 0.346. The molecule has 12 nitrogen and oxygen atoms in total. The molecule has 3 aromatic rings. The van der Waals surface area contributed by atoms with Crippen LogP contribution in [0, 0.1) is 0 Å². The zero-order chi connectivity index (χ0) is 27.6. The average molecular weight is 525 g/mol. The lowest BCUT2D eigenvalue weighted by Crippen LogP contribution is -2.62. The van der Waals surface area contributed by atoms with E-state index in [0.717, 1.165) is 10.5 Å².